The second-order valence-electron chi connectivity index (χ2n) is 8.75. The minimum atomic E-state index is -4.53. The van der Waals surface area contributed by atoms with Gasteiger partial charge in [-0.25, -0.2) is 4.68 Å². The summed E-state index contributed by atoms with van der Waals surface area (Å²) in [6.07, 6.45) is 1.76. The Morgan fingerprint density at radius 1 is 0.806 bits per heavy atom. The van der Waals surface area contributed by atoms with E-state index in [1.165, 1.54) is 5.56 Å². The molecule has 1 heterocycles. The molecule has 36 heavy (non-hydrogen) atoms. The van der Waals surface area contributed by atoms with Crippen LogP contribution in [0.1, 0.15) is 22.3 Å². The lowest BCUT2D eigenvalue weighted by Gasteiger charge is -2.20. The molecule has 8 heteroatoms. The van der Waals surface area contributed by atoms with Crippen molar-refractivity contribution in [3.63, 3.8) is 0 Å². The van der Waals surface area contributed by atoms with Crippen LogP contribution in [0.5, 0.6) is 0 Å². The third kappa shape index (κ3) is 4.99. The molecule has 0 bridgehead atoms. The van der Waals surface area contributed by atoms with Crippen LogP contribution in [0.15, 0.2) is 103 Å². The number of anilines is 1. The van der Waals surface area contributed by atoms with E-state index in [0.717, 1.165) is 16.7 Å². The highest BCUT2D eigenvalue weighted by molar-refractivity contribution is 7.52. The van der Waals surface area contributed by atoms with Crippen molar-refractivity contribution in [3.8, 4) is 28.1 Å². The van der Waals surface area contributed by atoms with Gasteiger partial charge >= 0.3 is 7.60 Å². The number of aryl methyl sites for hydroxylation is 1. The van der Waals surface area contributed by atoms with Gasteiger partial charge in [-0.2, -0.15) is 0 Å². The van der Waals surface area contributed by atoms with Crippen molar-refractivity contribution in [1.29, 1.82) is 0 Å². The molecule has 0 radical (unpaired) electrons. The highest BCUT2D eigenvalue weighted by Crippen LogP contribution is 2.55. The predicted molar refractivity (Wildman–Crippen MR) is 142 cm³/mol. The molecule has 4 N–H and O–H groups in total. The molecule has 0 aliphatic carbocycles. The molecule has 1 unspecified atom stereocenters. The van der Waals surface area contributed by atoms with Gasteiger partial charge in [0.05, 0.1) is 11.9 Å². The van der Waals surface area contributed by atoms with E-state index in [9.17, 15) is 14.4 Å². The molecule has 0 saturated heterocycles. The van der Waals surface area contributed by atoms with Gasteiger partial charge in [0.25, 0.3) is 0 Å². The molecular weight excluding hydrogens is 471 g/mol. The minimum Gasteiger partial charge on any atom is -0.399 e. The molecule has 0 saturated carbocycles. The zero-order chi connectivity index (χ0) is 25.3. The normalized spacial score (nSPS) is 12.4. The molecule has 7 nitrogen and oxygen atoms in total. The van der Waals surface area contributed by atoms with Crippen LogP contribution in [0.25, 0.3) is 28.1 Å². The summed E-state index contributed by atoms with van der Waals surface area (Å²) in [5.74, 6) is 0. The van der Waals surface area contributed by atoms with E-state index in [2.05, 4.69) is 10.3 Å². The van der Waals surface area contributed by atoms with Gasteiger partial charge in [0.2, 0.25) is 0 Å². The Balaban J connectivity index is 1.48. The van der Waals surface area contributed by atoms with Crippen molar-refractivity contribution in [3.05, 3.63) is 120 Å². The second-order valence-corrected chi connectivity index (χ2v) is 10.4. The van der Waals surface area contributed by atoms with Crippen LogP contribution in [0, 0.1) is 6.92 Å². The van der Waals surface area contributed by atoms with Gasteiger partial charge in [0, 0.05) is 11.3 Å². The van der Waals surface area contributed by atoms with Gasteiger partial charge in [0.15, 0.2) is 0 Å². The Morgan fingerprint density at radius 3 is 2.14 bits per heavy atom. The maximum absolute atomic E-state index is 12.6. The second kappa shape index (κ2) is 9.55. The summed E-state index contributed by atoms with van der Waals surface area (Å²) in [6.45, 7) is 2.03. The van der Waals surface area contributed by atoms with Gasteiger partial charge < -0.3 is 15.5 Å². The molecule has 180 valence electrons. The largest absolute Gasteiger partial charge is 0.399 e. The quantitative estimate of drug-likeness (QED) is 0.203. The van der Waals surface area contributed by atoms with E-state index < -0.39 is 13.3 Å². The van der Waals surface area contributed by atoms with E-state index in [-0.39, 0.29) is 0 Å². The summed E-state index contributed by atoms with van der Waals surface area (Å²) >= 11 is 0. The number of hydrogen-bond donors (Lipinski definition) is 3. The van der Waals surface area contributed by atoms with Crippen LogP contribution >= 0.6 is 7.60 Å². The van der Waals surface area contributed by atoms with E-state index in [4.69, 9.17) is 5.73 Å². The topological polar surface area (TPSA) is 114 Å². The van der Waals surface area contributed by atoms with Gasteiger partial charge in [-0.1, -0.05) is 83.6 Å². The monoisotopic (exact) mass is 496 g/mol. The summed E-state index contributed by atoms with van der Waals surface area (Å²) < 4.78 is 14.2. The smallest absolute Gasteiger partial charge is 0.337 e. The standard InChI is InChI=1S/C28H25N4O3P/c1-19-8-10-20(11-9-19)21-12-14-22(15-13-21)28(36(33,34)35)24-5-3-7-26(17-24)32-18-27(30-31-32)23-4-2-6-25(29)16-23/h2-18,28H,29H2,1H3,(H2,33,34,35). The molecule has 1 atom stereocenters. The number of benzene rings is 4. The molecular formula is C28H25N4O3P. The predicted octanol–water partition coefficient (Wildman–Crippen LogP) is 5.76. The summed E-state index contributed by atoms with van der Waals surface area (Å²) in [5.41, 5.74) is 11.7. The number of rotatable bonds is 6. The number of nitrogens with two attached hydrogens (primary N) is 1. The lowest BCUT2D eigenvalue weighted by atomic mass is 9.99. The molecule has 5 aromatic rings. The first-order chi connectivity index (χ1) is 17.3. The third-order valence-electron chi connectivity index (χ3n) is 6.07. The van der Waals surface area contributed by atoms with E-state index in [1.807, 2.05) is 67.6 Å². The maximum Gasteiger partial charge on any atom is 0.337 e. The van der Waals surface area contributed by atoms with Gasteiger partial charge in [-0.3, -0.25) is 4.57 Å². The van der Waals surface area contributed by atoms with Gasteiger partial charge in [-0.15, -0.1) is 5.10 Å². The van der Waals surface area contributed by atoms with Crippen molar-refractivity contribution in [2.75, 3.05) is 5.73 Å². The lowest BCUT2D eigenvalue weighted by molar-refractivity contribution is 0.364. The first-order valence-corrected chi connectivity index (χ1v) is 13.1. The average molecular weight is 497 g/mol. The fraction of sp³-hybridized carbons (Fsp3) is 0.0714. The number of aromatic nitrogens is 3. The Labute approximate surface area is 209 Å². The fourth-order valence-corrected chi connectivity index (χ4v) is 5.35. The Morgan fingerprint density at radius 2 is 1.47 bits per heavy atom. The van der Waals surface area contributed by atoms with Crippen molar-refractivity contribution in [2.45, 2.75) is 12.6 Å². The molecule has 0 amide bonds. The van der Waals surface area contributed by atoms with Crippen LogP contribution in [-0.4, -0.2) is 24.8 Å². The summed E-state index contributed by atoms with van der Waals surface area (Å²) in [7, 11) is -4.53. The zero-order valence-electron chi connectivity index (χ0n) is 19.6. The maximum atomic E-state index is 12.6. The number of hydrogen-bond acceptors (Lipinski definition) is 4. The van der Waals surface area contributed by atoms with Crippen molar-refractivity contribution in [2.24, 2.45) is 0 Å². The van der Waals surface area contributed by atoms with Crippen LogP contribution in [0.2, 0.25) is 0 Å². The van der Waals surface area contributed by atoms with Crippen LogP contribution in [-0.2, 0) is 4.57 Å². The highest BCUT2D eigenvalue weighted by atomic mass is 31.2. The molecule has 5 rings (SSSR count). The number of nitrogen functional groups attached to an aromatic ring is 1. The molecule has 1 aromatic heterocycles. The molecule has 4 aromatic carbocycles. The fourth-order valence-electron chi connectivity index (χ4n) is 4.24. The van der Waals surface area contributed by atoms with E-state index in [0.29, 0.717) is 28.2 Å². The molecule has 0 fully saturated rings. The average Bonchev–Trinajstić information content (AvgIpc) is 3.35. The van der Waals surface area contributed by atoms with E-state index in [1.54, 1.807) is 47.3 Å². The Kier molecular flexibility index (Phi) is 6.29. The molecule has 0 aliphatic rings. The summed E-state index contributed by atoms with van der Waals surface area (Å²) in [6, 6.07) is 29.9. The van der Waals surface area contributed by atoms with Crippen molar-refractivity contribution >= 4 is 13.3 Å². The Hall–Kier alpha value is -4.03. The van der Waals surface area contributed by atoms with Crippen LogP contribution < -0.4 is 5.73 Å². The van der Waals surface area contributed by atoms with Crippen LogP contribution in [0.3, 0.4) is 0 Å². The van der Waals surface area contributed by atoms with Crippen LogP contribution in [0.4, 0.5) is 5.69 Å². The minimum absolute atomic E-state index is 0.491. The summed E-state index contributed by atoms with van der Waals surface area (Å²) in [5, 5.41) is 8.44. The van der Waals surface area contributed by atoms with Crippen molar-refractivity contribution in [1.82, 2.24) is 15.0 Å². The lowest BCUT2D eigenvalue weighted by Crippen LogP contribution is -2.04. The highest BCUT2D eigenvalue weighted by Gasteiger charge is 2.32. The van der Waals surface area contributed by atoms with E-state index >= 15 is 0 Å². The van der Waals surface area contributed by atoms with Crippen molar-refractivity contribution < 1.29 is 14.4 Å². The molecule has 0 spiro atoms. The van der Waals surface area contributed by atoms with Gasteiger partial charge in [0.1, 0.15) is 11.4 Å². The first kappa shape index (κ1) is 23.7. The molecule has 0 aliphatic heterocycles. The van der Waals surface area contributed by atoms with Gasteiger partial charge in [-0.05, 0) is 53.4 Å². The first-order valence-electron chi connectivity index (χ1n) is 11.4. The summed E-state index contributed by atoms with van der Waals surface area (Å²) in [4.78, 5) is 20.6. The number of nitrogens with zero attached hydrogens (tertiary/aromatic N) is 3. The third-order valence-corrected chi connectivity index (χ3v) is 7.34. The Bertz CT molecular complexity index is 1560. The zero-order valence-corrected chi connectivity index (χ0v) is 20.5. The SMILES string of the molecule is Cc1ccc(-c2ccc(C(c3cccc(-n4cc(-c5cccc(N)c5)nn4)c3)P(=O)(O)O)cc2)cc1.